The number of benzene rings is 1. The summed E-state index contributed by atoms with van der Waals surface area (Å²) in [6.07, 6.45) is 5.29. The summed E-state index contributed by atoms with van der Waals surface area (Å²) in [6.45, 7) is 1.18. The summed E-state index contributed by atoms with van der Waals surface area (Å²) in [5.74, 6) is 3.24. The van der Waals surface area contributed by atoms with Gasteiger partial charge in [-0.25, -0.2) is 9.59 Å². The number of rotatable bonds is 4. The number of hydrogen-bond donors (Lipinski definition) is 3. The molecule has 0 radical (unpaired) electrons. The van der Waals surface area contributed by atoms with Crippen molar-refractivity contribution < 1.29 is 24.5 Å². The van der Waals surface area contributed by atoms with Gasteiger partial charge in [0.2, 0.25) is 0 Å². The molecule has 0 saturated heterocycles. The molecular weight excluding hydrogens is 334 g/mol. The van der Waals surface area contributed by atoms with Crippen molar-refractivity contribution in [2.45, 2.75) is 31.7 Å². The maximum Gasteiger partial charge on any atom is 0.414 e. The highest BCUT2D eigenvalue weighted by atomic mass is 35.5. The van der Waals surface area contributed by atoms with E-state index in [2.05, 4.69) is 17.2 Å². The molecule has 0 unspecified atom stereocenters. The predicted molar refractivity (Wildman–Crippen MR) is 90.3 cm³/mol. The molecule has 7 heteroatoms. The number of carbonyl (C=O) groups is 2. The van der Waals surface area contributed by atoms with Crippen LogP contribution in [0.2, 0.25) is 5.02 Å². The van der Waals surface area contributed by atoms with E-state index in [1.54, 1.807) is 0 Å². The highest BCUT2D eigenvalue weighted by molar-refractivity contribution is 6.30. The molecule has 1 aliphatic carbocycles. The summed E-state index contributed by atoms with van der Waals surface area (Å²) >= 11 is 5.78. The molecule has 1 aromatic carbocycles. The van der Waals surface area contributed by atoms with Gasteiger partial charge in [0.15, 0.2) is 0 Å². The maximum atomic E-state index is 9.10. The molecule has 3 N–H and O–H groups in total. The van der Waals surface area contributed by atoms with Crippen LogP contribution in [0.15, 0.2) is 24.3 Å². The summed E-state index contributed by atoms with van der Waals surface area (Å²) < 4.78 is 5.47. The average Bonchev–Trinajstić information content (AvgIpc) is 3.06. The molecule has 0 bridgehead atoms. The first-order valence-electron chi connectivity index (χ1n) is 7.52. The highest BCUT2D eigenvalue weighted by Gasteiger charge is 2.12. The number of aliphatic carboxylic acids is 2. The Morgan fingerprint density at radius 3 is 2.25 bits per heavy atom. The van der Waals surface area contributed by atoms with Crippen LogP contribution in [-0.4, -0.2) is 41.3 Å². The van der Waals surface area contributed by atoms with Crippen molar-refractivity contribution in [1.29, 1.82) is 0 Å². The van der Waals surface area contributed by atoms with Crippen molar-refractivity contribution in [1.82, 2.24) is 5.32 Å². The van der Waals surface area contributed by atoms with E-state index in [-0.39, 0.29) is 0 Å². The minimum atomic E-state index is -1.82. The Balaban J connectivity index is 0.000000413. The third-order valence-electron chi connectivity index (χ3n) is 3.27. The van der Waals surface area contributed by atoms with Crippen LogP contribution in [0.3, 0.4) is 0 Å². The fourth-order valence-corrected chi connectivity index (χ4v) is 2.22. The van der Waals surface area contributed by atoms with Gasteiger partial charge in [-0.15, -0.1) is 0 Å². The average molecular weight is 354 g/mol. The Kier molecular flexibility index (Phi) is 9.35. The van der Waals surface area contributed by atoms with Crippen LogP contribution in [0.1, 0.15) is 25.7 Å². The van der Waals surface area contributed by atoms with Crippen LogP contribution >= 0.6 is 11.6 Å². The first-order valence-corrected chi connectivity index (χ1v) is 7.90. The lowest BCUT2D eigenvalue weighted by Crippen LogP contribution is -2.26. The van der Waals surface area contributed by atoms with E-state index in [4.69, 9.17) is 36.1 Å². The fourth-order valence-electron chi connectivity index (χ4n) is 2.09. The SMILES string of the molecule is Clc1ccc(OCC#CCNC2CCCC2)cc1.O=C(O)C(=O)O. The minimum Gasteiger partial charge on any atom is -0.481 e. The fraction of sp³-hybridized carbons (Fsp3) is 0.412. The molecule has 0 atom stereocenters. The molecule has 0 amide bonds. The quantitative estimate of drug-likeness (QED) is 0.568. The molecule has 0 heterocycles. The zero-order valence-electron chi connectivity index (χ0n) is 13.1. The lowest BCUT2D eigenvalue weighted by molar-refractivity contribution is -0.159. The Labute approximate surface area is 145 Å². The Hall–Kier alpha value is -2.23. The smallest absolute Gasteiger partial charge is 0.414 e. The largest absolute Gasteiger partial charge is 0.481 e. The van der Waals surface area contributed by atoms with E-state index in [1.807, 2.05) is 24.3 Å². The van der Waals surface area contributed by atoms with Crippen LogP contribution in [0.4, 0.5) is 0 Å². The van der Waals surface area contributed by atoms with Crippen LogP contribution < -0.4 is 10.1 Å². The molecule has 24 heavy (non-hydrogen) atoms. The van der Waals surface area contributed by atoms with Crippen molar-refractivity contribution in [2.24, 2.45) is 0 Å². The zero-order chi connectivity index (χ0) is 17.8. The number of halogens is 1. The Morgan fingerprint density at radius 2 is 1.71 bits per heavy atom. The second kappa shape index (κ2) is 11.3. The summed E-state index contributed by atoms with van der Waals surface area (Å²) in [6, 6.07) is 8.00. The van der Waals surface area contributed by atoms with Crippen LogP contribution in [0.5, 0.6) is 5.75 Å². The first kappa shape index (κ1) is 19.8. The molecule has 1 aliphatic rings. The van der Waals surface area contributed by atoms with Crippen LogP contribution in [-0.2, 0) is 9.59 Å². The van der Waals surface area contributed by atoms with Gasteiger partial charge in [0, 0.05) is 11.1 Å². The van der Waals surface area contributed by atoms with Gasteiger partial charge in [-0.05, 0) is 37.1 Å². The predicted octanol–water partition coefficient (Wildman–Crippen LogP) is 2.41. The number of ether oxygens (including phenoxy) is 1. The monoisotopic (exact) mass is 353 g/mol. The van der Waals surface area contributed by atoms with Crippen molar-refractivity contribution in [3.63, 3.8) is 0 Å². The molecule has 0 aromatic heterocycles. The van der Waals surface area contributed by atoms with Gasteiger partial charge in [0.1, 0.15) is 12.4 Å². The lowest BCUT2D eigenvalue weighted by atomic mass is 10.2. The Morgan fingerprint density at radius 1 is 1.12 bits per heavy atom. The Bertz CT molecular complexity index is 573. The molecule has 130 valence electrons. The molecule has 1 aromatic rings. The number of hydrogen-bond acceptors (Lipinski definition) is 4. The second-order valence-corrected chi connectivity index (χ2v) is 5.51. The third kappa shape index (κ3) is 9.03. The number of carboxylic acids is 2. The van der Waals surface area contributed by atoms with Crippen LogP contribution in [0.25, 0.3) is 0 Å². The summed E-state index contributed by atoms with van der Waals surface area (Å²) in [4.78, 5) is 18.2. The molecule has 1 saturated carbocycles. The van der Waals surface area contributed by atoms with E-state index < -0.39 is 11.9 Å². The van der Waals surface area contributed by atoms with Gasteiger partial charge in [0.25, 0.3) is 0 Å². The lowest BCUT2D eigenvalue weighted by Gasteiger charge is -2.07. The molecule has 6 nitrogen and oxygen atoms in total. The number of carboxylic acid groups (broad SMARTS) is 2. The van der Waals surface area contributed by atoms with Gasteiger partial charge in [-0.3, -0.25) is 0 Å². The standard InChI is InChI=1S/C15H18ClNO.C2H2O4/c16-13-7-9-15(10-8-13)18-12-4-3-11-17-14-5-1-2-6-14;3-1(4)2(5)6/h7-10,14,17H,1-2,5-6,11-12H2;(H,3,4)(H,5,6). The van der Waals surface area contributed by atoms with E-state index in [9.17, 15) is 0 Å². The topological polar surface area (TPSA) is 95.9 Å². The van der Waals surface area contributed by atoms with Crippen molar-refractivity contribution in [3.8, 4) is 17.6 Å². The van der Waals surface area contributed by atoms with E-state index in [0.717, 1.165) is 12.3 Å². The summed E-state index contributed by atoms with van der Waals surface area (Å²) in [7, 11) is 0. The van der Waals surface area contributed by atoms with Crippen molar-refractivity contribution >= 4 is 23.5 Å². The minimum absolute atomic E-state index is 0.425. The van der Waals surface area contributed by atoms with Crippen molar-refractivity contribution in [2.75, 3.05) is 13.2 Å². The normalized spacial score (nSPS) is 13.2. The molecule has 2 rings (SSSR count). The molecule has 0 spiro atoms. The first-order chi connectivity index (χ1) is 11.5. The molecule has 1 fully saturated rings. The van der Waals surface area contributed by atoms with Crippen molar-refractivity contribution in [3.05, 3.63) is 29.3 Å². The second-order valence-electron chi connectivity index (χ2n) is 5.07. The summed E-state index contributed by atoms with van der Waals surface area (Å²) in [5.41, 5.74) is 0. The highest BCUT2D eigenvalue weighted by Crippen LogP contribution is 2.17. The van der Waals surface area contributed by atoms with E-state index >= 15 is 0 Å². The zero-order valence-corrected chi connectivity index (χ0v) is 13.9. The van der Waals surface area contributed by atoms with E-state index in [0.29, 0.717) is 17.7 Å². The van der Waals surface area contributed by atoms with Crippen LogP contribution in [0, 0.1) is 11.8 Å². The van der Waals surface area contributed by atoms with Gasteiger partial charge >= 0.3 is 11.9 Å². The van der Waals surface area contributed by atoms with Gasteiger partial charge in [-0.1, -0.05) is 36.3 Å². The van der Waals surface area contributed by atoms with Gasteiger partial charge in [0.05, 0.1) is 6.54 Å². The maximum absolute atomic E-state index is 9.10. The molecular formula is C17H20ClNO5. The van der Waals surface area contributed by atoms with E-state index in [1.165, 1.54) is 25.7 Å². The molecule has 0 aliphatic heterocycles. The summed E-state index contributed by atoms with van der Waals surface area (Å²) in [5, 5.41) is 18.9. The third-order valence-corrected chi connectivity index (χ3v) is 3.52. The number of nitrogens with one attached hydrogen (secondary N) is 1. The van der Waals surface area contributed by atoms with Gasteiger partial charge < -0.3 is 20.3 Å². The van der Waals surface area contributed by atoms with Gasteiger partial charge in [-0.2, -0.15) is 0 Å².